The van der Waals surface area contributed by atoms with Crippen molar-refractivity contribution in [1.82, 2.24) is 15.1 Å². The van der Waals surface area contributed by atoms with Gasteiger partial charge in [0.1, 0.15) is 0 Å². The molecule has 2 aliphatic rings. The molecule has 1 aliphatic heterocycles. The molecule has 0 spiro atoms. The Bertz CT molecular complexity index is 175. The van der Waals surface area contributed by atoms with Gasteiger partial charge in [-0.1, -0.05) is 6.42 Å². The standard InChI is InChI=1S/C11H23N3/c1-12-10-4-3-5-11(10)14-8-6-13(2)7-9-14/h10-12H,3-9H2,1-2H3/t10-,11-/m0/s1. The van der Waals surface area contributed by atoms with Crippen LogP contribution in [0.5, 0.6) is 0 Å². The summed E-state index contributed by atoms with van der Waals surface area (Å²) in [5.74, 6) is 0. The summed E-state index contributed by atoms with van der Waals surface area (Å²) in [6.07, 6.45) is 4.17. The van der Waals surface area contributed by atoms with Crippen molar-refractivity contribution in [3.63, 3.8) is 0 Å². The van der Waals surface area contributed by atoms with Crippen LogP contribution in [0.1, 0.15) is 19.3 Å². The molecule has 0 aromatic heterocycles. The van der Waals surface area contributed by atoms with Crippen molar-refractivity contribution in [2.24, 2.45) is 0 Å². The molecule has 82 valence electrons. The molecule has 0 aromatic carbocycles. The van der Waals surface area contributed by atoms with Gasteiger partial charge in [0.15, 0.2) is 0 Å². The van der Waals surface area contributed by atoms with Crippen molar-refractivity contribution in [1.29, 1.82) is 0 Å². The molecule has 2 atom stereocenters. The van der Waals surface area contributed by atoms with E-state index in [0.717, 1.165) is 12.1 Å². The maximum atomic E-state index is 3.47. The summed E-state index contributed by atoms with van der Waals surface area (Å²) in [5.41, 5.74) is 0. The third-order valence-corrected chi connectivity index (χ3v) is 3.86. The lowest BCUT2D eigenvalue weighted by molar-refractivity contribution is 0.102. The lowest BCUT2D eigenvalue weighted by Crippen LogP contribution is -2.53. The molecule has 14 heavy (non-hydrogen) atoms. The van der Waals surface area contributed by atoms with E-state index in [0.29, 0.717) is 0 Å². The summed E-state index contributed by atoms with van der Waals surface area (Å²) >= 11 is 0. The summed E-state index contributed by atoms with van der Waals surface area (Å²) in [5, 5.41) is 3.47. The van der Waals surface area contributed by atoms with Crippen LogP contribution >= 0.6 is 0 Å². The quantitative estimate of drug-likeness (QED) is 0.690. The van der Waals surface area contributed by atoms with E-state index < -0.39 is 0 Å². The molecule has 0 unspecified atom stereocenters. The average Bonchev–Trinajstić information content (AvgIpc) is 2.67. The van der Waals surface area contributed by atoms with Gasteiger partial charge in [-0.3, -0.25) is 4.90 Å². The van der Waals surface area contributed by atoms with E-state index in [-0.39, 0.29) is 0 Å². The molecule has 0 aromatic rings. The Morgan fingerprint density at radius 2 is 1.79 bits per heavy atom. The van der Waals surface area contributed by atoms with Crippen LogP contribution in [0.15, 0.2) is 0 Å². The second-order valence-electron chi connectivity index (χ2n) is 4.73. The number of piperazine rings is 1. The molecule has 2 rings (SSSR count). The monoisotopic (exact) mass is 197 g/mol. The van der Waals surface area contributed by atoms with E-state index in [1.807, 2.05) is 0 Å². The zero-order valence-electron chi connectivity index (χ0n) is 9.50. The highest BCUT2D eigenvalue weighted by Crippen LogP contribution is 2.24. The van der Waals surface area contributed by atoms with Crippen molar-refractivity contribution in [2.45, 2.75) is 31.3 Å². The fraction of sp³-hybridized carbons (Fsp3) is 1.00. The molecule has 0 radical (unpaired) electrons. The smallest absolute Gasteiger partial charge is 0.0250 e. The van der Waals surface area contributed by atoms with Gasteiger partial charge in [0.2, 0.25) is 0 Å². The van der Waals surface area contributed by atoms with Crippen molar-refractivity contribution < 1.29 is 0 Å². The number of likely N-dealkylation sites (N-methyl/N-ethyl adjacent to an activating group) is 2. The molecule has 0 amide bonds. The van der Waals surface area contributed by atoms with Gasteiger partial charge < -0.3 is 10.2 Å². The summed E-state index contributed by atoms with van der Waals surface area (Å²) in [4.78, 5) is 5.12. The first-order valence-corrected chi connectivity index (χ1v) is 5.91. The topological polar surface area (TPSA) is 18.5 Å². The van der Waals surface area contributed by atoms with E-state index in [1.165, 1.54) is 45.4 Å². The summed E-state index contributed by atoms with van der Waals surface area (Å²) in [6, 6.07) is 1.56. The molecule has 3 heteroatoms. The third-order valence-electron chi connectivity index (χ3n) is 3.86. The molecular formula is C11H23N3. The van der Waals surface area contributed by atoms with Crippen molar-refractivity contribution in [3.8, 4) is 0 Å². The Labute approximate surface area is 87.4 Å². The number of hydrogen-bond donors (Lipinski definition) is 1. The van der Waals surface area contributed by atoms with Crippen LogP contribution < -0.4 is 5.32 Å². The Hall–Kier alpha value is -0.120. The average molecular weight is 197 g/mol. The maximum absolute atomic E-state index is 3.47. The Morgan fingerprint density at radius 3 is 2.43 bits per heavy atom. The SMILES string of the molecule is CN[C@H]1CCC[C@@H]1N1CCN(C)CC1. The summed E-state index contributed by atoms with van der Waals surface area (Å²) < 4.78 is 0. The molecule has 0 bridgehead atoms. The highest BCUT2D eigenvalue weighted by atomic mass is 15.3. The Kier molecular flexibility index (Phi) is 3.42. The highest BCUT2D eigenvalue weighted by Gasteiger charge is 2.31. The van der Waals surface area contributed by atoms with E-state index in [9.17, 15) is 0 Å². The molecule has 2 fully saturated rings. The molecule has 1 saturated heterocycles. The second kappa shape index (κ2) is 4.60. The number of rotatable bonds is 2. The first-order valence-electron chi connectivity index (χ1n) is 5.91. The normalized spacial score (nSPS) is 36.4. The zero-order chi connectivity index (χ0) is 9.97. The van der Waals surface area contributed by atoms with Gasteiger partial charge in [-0.2, -0.15) is 0 Å². The molecule has 1 aliphatic carbocycles. The van der Waals surface area contributed by atoms with E-state index in [2.05, 4.69) is 29.2 Å². The maximum Gasteiger partial charge on any atom is 0.0250 e. The van der Waals surface area contributed by atoms with Crippen LogP contribution in [0, 0.1) is 0 Å². The first kappa shape index (κ1) is 10.4. The van der Waals surface area contributed by atoms with Gasteiger partial charge in [0.25, 0.3) is 0 Å². The Morgan fingerprint density at radius 1 is 1.07 bits per heavy atom. The number of hydrogen-bond acceptors (Lipinski definition) is 3. The summed E-state index contributed by atoms with van der Waals surface area (Å²) in [7, 11) is 4.33. The number of nitrogens with one attached hydrogen (secondary N) is 1. The van der Waals surface area contributed by atoms with Gasteiger partial charge in [-0.05, 0) is 26.9 Å². The predicted octanol–water partition coefficient (Wildman–Crippen LogP) is 0.374. The van der Waals surface area contributed by atoms with Gasteiger partial charge in [-0.25, -0.2) is 0 Å². The molecular weight excluding hydrogens is 174 g/mol. The minimum atomic E-state index is 0.749. The lowest BCUT2D eigenvalue weighted by atomic mass is 10.1. The van der Waals surface area contributed by atoms with Crippen molar-refractivity contribution >= 4 is 0 Å². The minimum Gasteiger partial charge on any atom is -0.315 e. The fourth-order valence-corrected chi connectivity index (χ4v) is 2.87. The minimum absolute atomic E-state index is 0.749. The van der Waals surface area contributed by atoms with Crippen LogP contribution in [-0.2, 0) is 0 Å². The molecule has 1 N–H and O–H groups in total. The van der Waals surface area contributed by atoms with Crippen LogP contribution in [0.2, 0.25) is 0 Å². The van der Waals surface area contributed by atoms with Crippen LogP contribution in [0.25, 0.3) is 0 Å². The van der Waals surface area contributed by atoms with Gasteiger partial charge in [0, 0.05) is 38.3 Å². The van der Waals surface area contributed by atoms with Gasteiger partial charge in [-0.15, -0.1) is 0 Å². The van der Waals surface area contributed by atoms with E-state index in [4.69, 9.17) is 0 Å². The third kappa shape index (κ3) is 2.10. The molecule has 1 heterocycles. The number of nitrogens with zero attached hydrogens (tertiary/aromatic N) is 2. The first-order chi connectivity index (χ1) is 6.81. The van der Waals surface area contributed by atoms with E-state index in [1.54, 1.807) is 0 Å². The lowest BCUT2D eigenvalue weighted by Gasteiger charge is -2.38. The second-order valence-corrected chi connectivity index (χ2v) is 4.73. The van der Waals surface area contributed by atoms with Gasteiger partial charge >= 0.3 is 0 Å². The predicted molar refractivity (Wildman–Crippen MR) is 59.6 cm³/mol. The highest BCUT2D eigenvalue weighted by molar-refractivity contribution is 4.91. The zero-order valence-corrected chi connectivity index (χ0v) is 9.50. The fourth-order valence-electron chi connectivity index (χ4n) is 2.87. The van der Waals surface area contributed by atoms with Crippen LogP contribution in [-0.4, -0.2) is 62.2 Å². The summed E-state index contributed by atoms with van der Waals surface area (Å²) in [6.45, 7) is 5.01. The molecule has 1 saturated carbocycles. The van der Waals surface area contributed by atoms with Gasteiger partial charge in [0.05, 0.1) is 0 Å². The van der Waals surface area contributed by atoms with E-state index >= 15 is 0 Å². The Balaban J connectivity index is 1.88. The largest absolute Gasteiger partial charge is 0.315 e. The van der Waals surface area contributed by atoms with Crippen molar-refractivity contribution in [2.75, 3.05) is 40.3 Å². The van der Waals surface area contributed by atoms with Crippen molar-refractivity contribution in [3.05, 3.63) is 0 Å². The molecule has 3 nitrogen and oxygen atoms in total. The van der Waals surface area contributed by atoms with Crippen LogP contribution in [0.4, 0.5) is 0 Å². The van der Waals surface area contributed by atoms with Crippen LogP contribution in [0.3, 0.4) is 0 Å².